The van der Waals surface area contributed by atoms with Crippen LogP contribution in [0.4, 0.5) is 0 Å². The zero-order valence-corrected chi connectivity index (χ0v) is 14.8. The molecule has 2 heteroatoms. The van der Waals surface area contributed by atoms with E-state index in [4.69, 9.17) is 0 Å². The third-order valence-corrected chi connectivity index (χ3v) is 8.67. The molecule has 4 rings (SSSR count). The van der Waals surface area contributed by atoms with Gasteiger partial charge in [0.15, 0.2) is 5.78 Å². The second-order valence-electron chi connectivity index (χ2n) is 9.24. The Bertz CT molecular complexity index is 614. The fourth-order valence-electron chi connectivity index (χ4n) is 7.15. The van der Waals surface area contributed by atoms with E-state index in [1.807, 2.05) is 6.08 Å². The number of allylic oxidation sites excluding steroid dienone is 1. The van der Waals surface area contributed by atoms with Gasteiger partial charge in [-0.3, -0.25) is 4.79 Å². The third kappa shape index (κ3) is 1.89. The average Bonchev–Trinajstić information content (AvgIpc) is 2.85. The maximum atomic E-state index is 12.0. The number of nitriles is 1. The highest BCUT2D eigenvalue weighted by Gasteiger charge is 2.60. The predicted octanol–water partition coefficient (Wildman–Crippen LogP) is 4.90. The molecule has 0 spiro atoms. The number of fused-ring (bicyclic) bond motifs is 5. The molecule has 3 fully saturated rings. The lowest BCUT2D eigenvalue weighted by molar-refractivity contribution is -0.120. The van der Waals surface area contributed by atoms with Crippen LogP contribution < -0.4 is 0 Å². The Hall–Kier alpha value is -1.10. The van der Waals surface area contributed by atoms with Crippen molar-refractivity contribution in [3.8, 4) is 6.07 Å². The van der Waals surface area contributed by atoms with Gasteiger partial charge in [0.05, 0.1) is 12.0 Å². The molecule has 0 radical (unpaired) electrons. The second kappa shape index (κ2) is 4.95. The maximum Gasteiger partial charge on any atom is 0.155 e. The summed E-state index contributed by atoms with van der Waals surface area (Å²) in [5.41, 5.74) is 1.92. The Labute approximate surface area is 140 Å². The van der Waals surface area contributed by atoms with E-state index in [9.17, 15) is 10.1 Å². The van der Waals surface area contributed by atoms with Gasteiger partial charge >= 0.3 is 0 Å². The summed E-state index contributed by atoms with van der Waals surface area (Å²) in [5.74, 6) is 3.30. The van der Waals surface area contributed by atoms with Crippen LogP contribution >= 0.6 is 0 Å². The van der Waals surface area contributed by atoms with Gasteiger partial charge in [-0.2, -0.15) is 5.26 Å². The van der Waals surface area contributed by atoms with Crippen molar-refractivity contribution in [1.82, 2.24) is 0 Å². The Kier molecular flexibility index (Phi) is 3.32. The van der Waals surface area contributed by atoms with Crippen LogP contribution in [0.3, 0.4) is 0 Å². The summed E-state index contributed by atoms with van der Waals surface area (Å²) in [6, 6.07) is 2.62. The minimum Gasteiger partial charge on any atom is -0.295 e. The van der Waals surface area contributed by atoms with Crippen LogP contribution in [0.25, 0.3) is 0 Å². The standard InChI is InChI=1S/C21H29NO/c1-13-10-16(23)11-14-4-6-17-18-7-5-15(12-22)20(18,2)9-8-19(17)21(13,14)3/h11,13,15,17-19H,4-10H2,1-3H3/t13?,15-,17+,18+,19+,20-,21+/m1/s1. The highest BCUT2D eigenvalue weighted by atomic mass is 16.1. The molecule has 3 saturated carbocycles. The van der Waals surface area contributed by atoms with Crippen molar-refractivity contribution in [2.24, 2.45) is 40.4 Å². The van der Waals surface area contributed by atoms with Crippen molar-refractivity contribution in [2.45, 2.75) is 65.7 Å². The highest BCUT2D eigenvalue weighted by molar-refractivity contribution is 5.92. The van der Waals surface area contributed by atoms with Gasteiger partial charge in [-0.25, -0.2) is 0 Å². The number of carbonyl (C=O) groups is 1. The normalized spacial score (nSPS) is 52.0. The molecule has 0 amide bonds. The summed E-state index contributed by atoms with van der Waals surface area (Å²) in [5, 5.41) is 9.58. The van der Waals surface area contributed by atoms with E-state index >= 15 is 0 Å². The van der Waals surface area contributed by atoms with E-state index in [2.05, 4.69) is 26.8 Å². The monoisotopic (exact) mass is 311 g/mol. The molecule has 0 bridgehead atoms. The number of hydrogen-bond acceptors (Lipinski definition) is 2. The molecule has 0 aromatic rings. The van der Waals surface area contributed by atoms with Crippen LogP contribution in [0.5, 0.6) is 0 Å². The minimum absolute atomic E-state index is 0.225. The van der Waals surface area contributed by atoms with Gasteiger partial charge in [0, 0.05) is 6.42 Å². The molecule has 0 N–H and O–H groups in total. The maximum absolute atomic E-state index is 12.0. The van der Waals surface area contributed by atoms with Gasteiger partial charge < -0.3 is 0 Å². The van der Waals surface area contributed by atoms with Crippen molar-refractivity contribution in [2.75, 3.05) is 0 Å². The molecule has 7 atom stereocenters. The second-order valence-corrected chi connectivity index (χ2v) is 9.24. The first-order valence-corrected chi connectivity index (χ1v) is 9.54. The van der Waals surface area contributed by atoms with Crippen LogP contribution in [-0.2, 0) is 4.79 Å². The van der Waals surface area contributed by atoms with Gasteiger partial charge in [0.25, 0.3) is 0 Å². The molecule has 0 aromatic heterocycles. The molecular formula is C21H29NO. The summed E-state index contributed by atoms with van der Waals surface area (Å²) >= 11 is 0. The van der Waals surface area contributed by atoms with Crippen molar-refractivity contribution in [3.05, 3.63) is 11.6 Å². The lowest BCUT2D eigenvalue weighted by Crippen LogP contribution is -2.52. The number of ketones is 1. The fourth-order valence-corrected chi connectivity index (χ4v) is 7.15. The largest absolute Gasteiger partial charge is 0.295 e. The Morgan fingerprint density at radius 2 is 1.96 bits per heavy atom. The van der Waals surface area contributed by atoms with E-state index < -0.39 is 0 Å². The summed E-state index contributed by atoms with van der Waals surface area (Å²) in [6.45, 7) is 7.15. The topological polar surface area (TPSA) is 40.9 Å². The van der Waals surface area contributed by atoms with Gasteiger partial charge in [0.1, 0.15) is 0 Å². The van der Waals surface area contributed by atoms with Gasteiger partial charge in [-0.05, 0) is 79.1 Å². The van der Waals surface area contributed by atoms with Gasteiger partial charge in [-0.1, -0.05) is 26.3 Å². The average molecular weight is 311 g/mol. The lowest BCUT2D eigenvalue weighted by Gasteiger charge is -2.59. The van der Waals surface area contributed by atoms with Crippen molar-refractivity contribution < 1.29 is 4.79 Å². The lowest BCUT2D eigenvalue weighted by atomic mass is 9.45. The fraction of sp³-hybridized carbons (Fsp3) is 0.810. The molecule has 124 valence electrons. The highest BCUT2D eigenvalue weighted by Crippen LogP contribution is 2.67. The van der Waals surface area contributed by atoms with Crippen molar-refractivity contribution in [1.29, 1.82) is 5.26 Å². The van der Waals surface area contributed by atoms with Crippen molar-refractivity contribution in [3.63, 3.8) is 0 Å². The first-order valence-electron chi connectivity index (χ1n) is 9.54. The smallest absolute Gasteiger partial charge is 0.155 e. The SMILES string of the molecule is CC1CC(=O)C=C2CC[C@H]3[C@@H]4CC[C@H](C#N)[C@@]4(C)CC[C@@H]3[C@]21C. The predicted molar refractivity (Wildman–Crippen MR) is 90.4 cm³/mol. The molecular weight excluding hydrogens is 282 g/mol. The summed E-state index contributed by atoms with van der Waals surface area (Å²) in [4.78, 5) is 12.0. The van der Waals surface area contributed by atoms with Crippen LogP contribution in [0.2, 0.25) is 0 Å². The Balaban J connectivity index is 1.71. The molecule has 2 nitrogen and oxygen atoms in total. The minimum atomic E-state index is 0.225. The molecule has 0 aromatic carbocycles. The van der Waals surface area contributed by atoms with E-state index in [0.717, 1.165) is 37.0 Å². The number of hydrogen-bond donors (Lipinski definition) is 0. The number of nitrogens with zero attached hydrogens (tertiary/aromatic N) is 1. The molecule has 0 aliphatic heterocycles. The van der Waals surface area contributed by atoms with Crippen LogP contribution in [-0.4, -0.2) is 5.78 Å². The van der Waals surface area contributed by atoms with Crippen molar-refractivity contribution >= 4 is 5.78 Å². The van der Waals surface area contributed by atoms with Gasteiger partial charge in [-0.15, -0.1) is 0 Å². The quantitative estimate of drug-likeness (QED) is 0.638. The number of rotatable bonds is 0. The zero-order chi connectivity index (χ0) is 16.4. The molecule has 4 aliphatic rings. The molecule has 23 heavy (non-hydrogen) atoms. The van der Waals surface area contributed by atoms with Crippen LogP contribution in [0.1, 0.15) is 65.7 Å². The molecule has 4 aliphatic carbocycles. The van der Waals surface area contributed by atoms with E-state index in [0.29, 0.717) is 11.7 Å². The first-order chi connectivity index (χ1) is 10.9. The Morgan fingerprint density at radius 1 is 1.17 bits per heavy atom. The zero-order valence-electron chi connectivity index (χ0n) is 14.8. The Morgan fingerprint density at radius 3 is 2.70 bits per heavy atom. The number of carbonyl (C=O) groups excluding carboxylic acids is 1. The van der Waals surface area contributed by atoms with E-state index in [-0.39, 0.29) is 16.7 Å². The van der Waals surface area contributed by atoms with E-state index in [1.165, 1.54) is 31.3 Å². The van der Waals surface area contributed by atoms with Crippen LogP contribution in [0, 0.1) is 51.8 Å². The third-order valence-electron chi connectivity index (χ3n) is 8.67. The van der Waals surface area contributed by atoms with Gasteiger partial charge in [0.2, 0.25) is 0 Å². The van der Waals surface area contributed by atoms with Crippen LogP contribution in [0.15, 0.2) is 11.6 Å². The molecule has 0 saturated heterocycles. The summed E-state index contributed by atoms with van der Waals surface area (Å²) in [7, 11) is 0. The first kappa shape index (κ1) is 15.4. The van der Waals surface area contributed by atoms with E-state index in [1.54, 1.807) is 0 Å². The summed E-state index contributed by atoms with van der Waals surface area (Å²) < 4.78 is 0. The molecule has 0 heterocycles. The summed E-state index contributed by atoms with van der Waals surface area (Å²) in [6.07, 6.45) is 9.89. The molecule has 1 unspecified atom stereocenters.